The molecule has 22 heavy (non-hydrogen) atoms. The molecule has 0 bridgehead atoms. The van der Waals surface area contributed by atoms with Crippen LogP contribution >= 0.6 is 0 Å². The van der Waals surface area contributed by atoms with Crippen molar-refractivity contribution in [2.24, 2.45) is 5.73 Å². The second-order valence-electron chi connectivity index (χ2n) is 5.08. The Morgan fingerprint density at radius 2 is 1.91 bits per heavy atom. The summed E-state index contributed by atoms with van der Waals surface area (Å²) in [5.41, 5.74) is 4.88. The zero-order valence-corrected chi connectivity index (χ0v) is 11.7. The number of alkyl halides is 3. The molecule has 0 radical (unpaired) electrons. The van der Waals surface area contributed by atoms with E-state index in [0.717, 1.165) is 12.1 Å². The number of hydrogen-bond acceptors (Lipinski definition) is 3. The van der Waals surface area contributed by atoms with Crippen molar-refractivity contribution < 1.29 is 22.8 Å². The van der Waals surface area contributed by atoms with Gasteiger partial charge >= 0.3 is 6.18 Å². The van der Waals surface area contributed by atoms with Gasteiger partial charge in [-0.3, -0.25) is 9.59 Å². The molecule has 1 fully saturated rings. The smallest absolute Gasteiger partial charge is 0.376 e. The third-order valence-electron chi connectivity index (χ3n) is 3.56. The molecule has 1 aliphatic rings. The van der Waals surface area contributed by atoms with Crippen LogP contribution in [-0.4, -0.2) is 35.8 Å². The Bertz CT molecular complexity index is 557. The van der Waals surface area contributed by atoms with Crippen molar-refractivity contribution in [3.8, 4) is 0 Å². The Morgan fingerprint density at radius 3 is 2.45 bits per heavy atom. The summed E-state index contributed by atoms with van der Waals surface area (Å²) in [4.78, 5) is 24.7. The molecule has 1 aromatic rings. The van der Waals surface area contributed by atoms with Gasteiger partial charge in [0.05, 0.1) is 12.1 Å². The molecular formula is C14H16F3N3O2. The third-order valence-corrected chi connectivity index (χ3v) is 3.56. The van der Waals surface area contributed by atoms with E-state index in [0.29, 0.717) is 25.1 Å². The van der Waals surface area contributed by atoms with Crippen LogP contribution in [0.1, 0.15) is 18.4 Å². The summed E-state index contributed by atoms with van der Waals surface area (Å²) in [5, 5.41) is 2.75. The lowest BCUT2D eigenvalue weighted by Crippen LogP contribution is -2.45. The topological polar surface area (TPSA) is 75.4 Å². The largest absolute Gasteiger partial charge is 0.416 e. The van der Waals surface area contributed by atoms with E-state index in [4.69, 9.17) is 5.73 Å². The number of nitrogens with zero attached hydrogens (tertiary/aromatic N) is 1. The number of benzene rings is 1. The first-order valence-corrected chi connectivity index (χ1v) is 6.79. The molecule has 3 N–H and O–H groups in total. The molecule has 2 rings (SSSR count). The highest BCUT2D eigenvalue weighted by Crippen LogP contribution is 2.29. The van der Waals surface area contributed by atoms with Gasteiger partial charge < -0.3 is 16.0 Å². The molecule has 8 heteroatoms. The molecule has 120 valence electrons. The summed E-state index contributed by atoms with van der Waals surface area (Å²) in [6.07, 6.45) is -3.14. The highest BCUT2D eigenvalue weighted by Gasteiger charge is 2.32. The number of amides is 2. The maximum absolute atomic E-state index is 12.4. The predicted octanol–water partition coefficient (Wildman–Crippen LogP) is 1.59. The average Bonchev–Trinajstić information content (AvgIpc) is 2.94. The lowest BCUT2D eigenvalue weighted by atomic mass is 10.2. The van der Waals surface area contributed by atoms with E-state index in [2.05, 4.69) is 5.32 Å². The maximum Gasteiger partial charge on any atom is 0.416 e. The molecule has 1 aromatic carbocycles. The van der Waals surface area contributed by atoms with Gasteiger partial charge in [-0.15, -0.1) is 0 Å². The Kier molecular flexibility index (Phi) is 4.58. The summed E-state index contributed by atoms with van der Waals surface area (Å²) < 4.78 is 37.3. The van der Waals surface area contributed by atoms with Crippen molar-refractivity contribution >= 4 is 17.5 Å². The van der Waals surface area contributed by atoms with E-state index in [1.807, 2.05) is 0 Å². The van der Waals surface area contributed by atoms with Crippen LogP contribution in [0.15, 0.2) is 24.3 Å². The number of carbonyl (C=O) groups excluding carboxylic acids is 2. The number of carbonyl (C=O) groups is 2. The number of anilines is 1. The van der Waals surface area contributed by atoms with Crippen LogP contribution in [0, 0.1) is 0 Å². The maximum atomic E-state index is 12.4. The Hall–Kier alpha value is -2.25. The normalized spacial score (nSPS) is 18.3. The number of rotatable bonds is 4. The fraction of sp³-hybridized carbons (Fsp3) is 0.429. The number of halogens is 3. The van der Waals surface area contributed by atoms with Crippen molar-refractivity contribution in [2.75, 3.05) is 18.4 Å². The summed E-state index contributed by atoms with van der Waals surface area (Å²) in [7, 11) is 0. The van der Waals surface area contributed by atoms with Gasteiger partial charge in [-0.2, -0.15) is 13.2 Å². The Balaban J connectivity index is 1.92. The zero-order chi connectivity index (χ0) is 16.3. The third kappa shape index (κ3) is 3.69. The zero-order valence-electron chi connectivity index (χ0n) is 11.7. The minimum atomic E-state index is -4.39. The lowest BCUT2D eigenvalue weighted by Gasteiger charge is -2.22. The molecule has 0 spiro atoms. The van der Waals surface area contributed by atoms with Crippen LogP contribution in [0.2, 0.25) is 0 Å². The minimum Gasteiger partial charge on any atom is -0.376 e. The van der Waals surface area contributed by atoms with Crippen molar-refractivity contribution in [1.29, 1.82) is 0 Å². The average molecular weight is 315 g/mol. The molecule has 0 aromatic heterocycles. The van der Waals surface area contributed by atoms with Crippen molar-refractivity contribution in [3.05, 3.63) is 29.8 Å². The van der Waals surface area contributed by atoms with E-state index in [1.54, 1.807) is 0 Å². The standard InChI is InChI=1S/C14H16F3N3O2/c15-14(16,17)9-3-5-10(6-4-9)19-8-12(21)20-7-1-2-11(20)13(18)22/h3-6,11,19H,1-2,7-8H2,(H2,18,22)/t11-/m0/s1. The Morgan fingerprint density at radius 1 is 1.27 bits per heavy atom. The first-order chi connectivity index (χ1) is 10.3. The van der Waals surface area contributed by atoms with Crippen LogP contribution in [0.5, 0.6) is 0 Å². The molecule has 1 heterocycles. The number of likely N-dealkylation sites (tertiary alicyclic amines) is 1. The van der Waals surface area contributed by atoms with Gasteiger partial charge in [-0.25, -0.2) is 0 Å². The highest BCUT2D eigenvalue weighted by molar-refractivity contribution is 5.89. The molecule has 0 aliphatic carbocycles. The second kappa shape index (κ2) is 6.25. The summed E-state index contributed by atoms with van der Waals surface area (Å²) in [6.45, 7) is 0.357. The SMILES string of the molecule is NC(=O)[C@@H]1CCCN1C(=O)CNc1ccc(C(F)(F)F)cc1. The van der Waals surface area contributed by atoms with Crippen LogP contribution in [0.3, 0.4) is 0 Å². The number of nitrogens with two attached hydrogens (primary N) is 1. The fourth-order valence-electron chi connectivity index (χ4n) is 2.42. The summed E-state index contributed by atoms with van der Waals surface area (Å²) in [5.74, 6) is -0.846. The van der Waals surface area contributed by atoms with E-state index >= 15 is 0 Å². The van der Waals surface area contributed by atoms with Gasteiger partial charge in [0.1, 0.15) is 6.04 Å². The molecular weight excluding hydrogens is 299 g/mol. The fourth-order valence-corrected chi connectivity index (χ4v) is 2.42. The molecule has 1 atom stereocenters. The van der Waals surface area contributed by atoms with E-state index < -0.39 is 23.7 Å². The van der Waals surface area contributed by atoms with Crippen LogP contribution in [0.4, 0.5) is 18.9 Å². The summed E-state index contributed by atoms with van der Waals surface area (Å²) in [6, 6.07) is 3.79. The first-order valence-electron chi connectivity index (χ1n) is 6.79. The summed E-state index contributed by atoms with van der Waals surface area (Å²) >= 11 is 0. The number of hydrogen-bond donors (Lipinski definition) is 2. The number of nitrogens with one attached hydrogen (secondary N) is 1. The van der Waals surface area contributed by atoms with Crippen LogP contribution < -0.4 is 11.1 Å². The first kappa shape index (κ1) is 16.1. The Labute approximate surface area is 125 Å². The van der Waals surface area contributed by atoms with Crippen molar-refractivity contribution in [1.82, 2.24) is 4.90 Å². The number of primary amides is 1. The van der Waals surface area contributed by atoms with Gasteiger partial charge in [0, 0.05) is 12.2 Å². The monoisotopic (exact) mass is 315 g/mol. The quantitative estimate of drug-likeness (QED) is 0.886. The van der Waals surface area contributed by atoms with Gasteiger partial charge in [-0.05, 0) is 37.1 Å². The van der Waals surface area contributed by atoms with Gasteiger partial charge in [0.25, 0.3) is 0 Å². The van der Waals surface area contributed by atoms with E-state index in [9.17, 15) is 22.8 Å². The molecule has 1 aliphatic heterocycles. The van der Waals surface area contributed by atoms with Crippen molar-refractivity contribution in [3.63, 3.8) is 0 Å². The van der Waals surface area contributed by atoms with Crippen molar-refractivity contribution in [2.45, 2.75) is 25.1 Å². The van der Waals surface area contributed by atoms with Crippen LogP contribution in [0.25, 0.3) is 0 Å². The van der Waals surface area contributed by atoms with Gasteiger partial charge in [-0.1, -0.05) is 0 Å². The molecule has 1 saturated heterocycles. The van der Waals surface area contributed by atoms with Gasteiger partial charge in [0.15, 0.2) is 0 Å². The highest BCUT2D eigenvalue weighted by atomic mass is 19.4. The van der Waals surface area contributed by atoms with E-state index in [-0.39, 0.29) is 12.5 Å². The molecule has 2 amide bonds. The molecule has 0 saturated carbocycles. The van der Waals surface area contributed by atoms with E-state index in [1.165, 1.54) is 17.0 Å². The minimum absolute atomic E-state index is 0.102. The van der Waals surface area contributed by atoms with Crippen LogP contribution in [-0.2, 0) is 15.8 Å². The van der Waals surface area contributed by atoms with Gasteiger partial charge in [0.2, 0.25) is 11.8 Å². The lowest BCUT2D eigenvalue weighted by molar-refractivity contribution is -0.137. The second-order valence-corrected chi connectivity index (χ2v) is 5.08. The molecule has 0 unspecified atom stereocenters. The predicted molar refractivity (Wildman–Crippen MR) is 73.9 cm³/mol. The molecule has 5 nitrogen and oxygen atoms in total.